The average molecular weight is 865 g/mol. The monoisotopic (exact) mass is 865 g/mol. The Hall–Kier alpha value is -4.15. The molecule has 0 aliphatic rings. The first-order valence-electron chi connectivity index (χ1n) is 17.6. The maximum absolute atomic E-state index is 6.36. The molecule has 3 aromatic heterocycles. The second-order valence-corrected chi connectivity index (χ2v) is 20.9. The molecular weight excluding hydrogens is 817 g/mol. The molecule has 0 spiro atoms. The second-order valence-electron chi connectivity index (χ2n) is 15.8. The van der Waals surface area contributed by atoms with Crippen LogP contribution in [0.4, 0.5) is 0 Å². The van der Waals surface area contributed by atoms with Gasteiger partial charge in [0.15, 0.2) is 0 Å². The van der Waals surface area contributed by atoms with Gasteiger partial charge in [-0.3, -0.25) is 0 Å². The molecule has 1 radical (unpaired) electrons. The predicted octanol–water partition coefficient (Wildman–Crippen LogP) is 12.2. The Morgan fingerprint density at radius 2 is 1.47 bits per heavy atom. The molecule has 0 saturated carbocycles. The number of nitrogens with zero attached hydrogens (tertiary/aromatic N) is 2. The van der Waals surface area contributed by atoms with Crippen LogP contribution in [0.15, 0.2) is 114 Å². The SMILES string of the molecule is CC(C)(C)Cc1cc(-c2[c-]cccc2)ncc1[Si](C)(C)C.Cc1cnc(-c2[c-]ccc3c2oc2cc(-c4ccccc4)ccc23)cc1C(C)C.[Ir]. The Morgan fingerprint density at radius 1 is 0.745 bits per heavy atom. The van der Waals surface area contributed by atoms with Gasteiger partial charge in [0.1, 0.15) is 5.58 Å². The molecule has 0 atom stereocenters. The smallest absolute Gasteiger partial charge is 0.121 e. The van der Waals surface area contributed by atoms with E-state index in [1.807, 2.05) is 36.5 Å². The van der Waals surface area contributed by atoms with E-state index in [0.717, 1.165) is 56.4 Å². The van der Waals surface area contributed by atoms with Gasteiger partial charge >= 0.3 is 0 Å². The van der Waals surface area contributed by atoms with Crippen molar-refractivity contribution in [1.82, 2.24) is 9.97 Å². The standard InChI is InChI=1S/C27H22NO.C19H26NSi.Ir/c1-17(2)24-15-25(28-16-18(24)3)23-11-7-10-22-21-13-12-20(14-26(21)29-27(22)23)19-8-5-4-6-9-19;1-19(2,3)13-16-12-17(15-10-8-7-9-11-15)20-14-18(16)21(4,5)6;/h4-10,12-17H,1-3H3;7-10,12,14H,13H2,1-6H3;/q2*-1;. The minimum atomic E-state index is -1.37. The summed E-state index contributed by atoms with van der Waals surface area (Å²) in [5.41, 5.74) is 12.3. The Morgan fingerprint density at radius 3 is 2.14 bits per heavy atom. The molecule has 4 aromatic carbocycles. The molecule has 0 aliphatic heterocycles. The Balaban J connectivity index is 0.000000205. The van der Waals surface area contributed by atoms with Gasteiger partial charge < -0.3 is 14.4 Å². The summed E-state index contributed by atoms with van der Waals surface area (Å²) in [5.74, 6) is 0.444. The third-order valence-electron chi connectivity index (χ3n) is 9.07. The van der Waals surface area contributed by atoms with Gasteiger partial charge in [-0.15, -0.1) is 54.1 Å². The normalized spacial score (nSPS) is 11.7. The molecular formula is C46H48IrN2OSi-2. The fourth-order valence-electron chi connectivity index (χ4n) is 6.63. The van der Waals surface area contributed by atoms with Crippen molar-refractivity contribution < 1.29 is 24.5 Å². The number of furan rings is 1. The van der Waals surface area contributed by atoms with Crippen LogP contribution in [0.3, 0.4) is 0 Å². The fourth-order valence-corrected chi connectivity index (χ4v) is 8.21. The number of fused-ring (bicyclic) bond motifs is 3. The number of pyridine rings is 2. The van der Waals surface area contributed by atoms with Crippen LogP contribution in [-0.4, -0.2) is 18.0 Å². The van der Waals surface area contributed by atoms with E-state index in [-0.39, 0.29) is 25.5 Å². The van der Waals surface area contributed by atoms with Crippen LogP contribution in [0.25, 0.3) is 55.6 Å². The van der Waals surface area contributed by atoms with E-state index in [0.29, 0.717) is 5.92 Å². The number of rotatable bonds is 6. The van der Waals surface area contributed by atoms with E-state index in [1.54, 1.807) is 0 Å². The maximum atomic E-state index is 6.36. The quantitative estimate of drug-likeness (QED) is 0.123. The summed E-state index contributed by atoms with van der Waals surface area (Å²) in [5, 5.41) is 3.70. The minimum Gasteiger partial charge on any atom is -0.501 e. The van der Waals surface area contributed by atoms with E-state index in [2.05, 4.69) is 151 Å². The van der Waals surface area contributed by atoms with Gasteiger partial charge in [0, 0.05) is 37.9 Å². The van der Waals surface area contributed by atoms with Crippen LogP contribution in [0, 0.1) is 24.5 Å². The molecule has 3 nitrogen and oxygen atoms in total. The van der Waals surface area contributed by atoms with E-state index in [9.17, 15) is 0 Å². The van der Waals surface area contributed by atoms with Gasteiger partial charge in [-0.25, -0.2) is 0 Å². The summed E-state index contributed by atoms with van der Waals surface area (Å²) in [7, 11) is -1.37. The Kier molecular flexibility index (Phi) is 11.7. The van der Waals surface area contributed by atoms with Gasteiger partial charge in [0.05, 0.1) is 13.7 Å². The zero-order valence-electron chi connectivity index (χ0n) is 31.3. The number of hydrogen-bond donors (Lipinski definition) is 0. The van der Waals surface area contributed by atoms with Crippen molar-refractivity contribution >= 4 is 35.2 Å². The zero-order chi connectivity index (χ0) is 35.6. The number of benzene rings is 4. The van der Waals surface area contributed by atoms with Gasteiger partial charge in [-0.1, -0.05) is 125 Å². The second kappa shape index (κ2) is 15.6. The summed E-state index contributed by atoms with van der Waals surface area (Å²) >= 11 is 0. The van der Waals surface area contributed by atoms with Crippen molar-refractivity contribution in [1.29, 1.82) is 0 Å². The summed E-state index contributed by atoms with van der Waals surface area (Å²) in [4.78, 5) is 9.40. The van der Waals surface area contributed by atoms with Crippen LogP contribution >= 0.6 is 0 Å². The molecule has 0 fully saturated rings. The zero-order valence-corrected chi connectivity index (χ0v) is 34.7. The molecule has 7 rings (SSSR count). The fraction of sp³-hybridized carbons (Fsp3) is 0.261. The van der Waals surface area contributed by atoms with Crippen LogP contribution in [0.5, 0.6) is 0 Å². The number of hydrogen-bond acceptors (Lipinski definition) is 3. The largest absolute Gasteiger partial charge is 0.501 e. The molecule has 0 aliphatic carbocycles. The first-order chi connectivity index (χ1) is 23.8. The Labute approximate surface area is 319 Å². The molecule has 0 unspecified atom stereocenters. The van der Waals surface area contributed by atoms with Gasteiger partial charge in [-0.05, 0) is 69.6 Å². The molecule has 0 bridgehead atoms. The van der Waals surface area contributed by atoms with E-state index in [4.69, 9.17) is 9.40 Å². The Bertz CT molecular complexity index is 2240. The first-order valence-corrected chi connectivity index (χ1v) is 21.1. The third kappa shape index (κ3) is 8.84. The summed E-state index contributed by atoms with van der Waals surface area (Å²) in [6, 6.07) is 40.0. The molecule has 0 amide bonds. The molecule has 7 aromatic rings. The van der Waals surface area contributed by atoms with Gasteiger partial charge in [-0.2, -0.15) is 0 Å². The predicted molar refractivity (Wildman–Crippen MR) is 215 cm³/mol. The molecule has 3 heterocycles. The van der Waals surface area contributed by atoms with Crippen molar-refractivity contribution in [3.8, 4) is 33.6 Å². The van der Waals surface area contributed by atoms with Crippen molar-refractivity contribution in [3.05, 3.63) is 138 Å². The van der Waals surface area contributed by atoms with Crippen LogP contribution in [-0.2, 0) is 26.5 Å². The maximum Gasteiger partial charge on any atom is 0.121 e. The molecule has 5 heteroatoms. The van der Waals surface area contributed by atoms with Gasteiger partial charge in [0.25, 0.3) is 0 Å². The molecule has 0 saturated heterocycles. The number of aromatic nitrogens is 2. The minimum absolute atomic E-state index is 0. The van der Waals surface area contributed by atoms with E-state index < -0.39 is 8.07 Å². The van der Waals surface area contributed by atoms with Crippen LogP contribution < -0.4 is 5.19 Å². The third-order valence-corrected chi connectivity index (χ3v) is 11.1. The molecule has 0 N–H and O–H groups in total. The number of aryl methyl sites for hydroxylation is 1. The van der Waals surface area contributed by atoms with E-state index in [1.165, 1.54) is 27.4 Å². The van der Waals surface area contributed by atoms with E-state index >= 15 is 0 Å². The summed E-state index contributed by atoms with van der Waals surface area (Å²) < 4.78 is 6.36. The van der Waals surface area contributed by atoms with Crippen LogP contribution in [0.2, 0.25) is 19.6 Å². The topological polar surface area (TPSA) is 38.9 Å². The van der Waals surface area contributed by atoms with Crippen molar-refractivity contribution in [2.24, 2.45) is 5.41 Å². The summed E-state index contributed by atoms with van der Waals surface area (Å²) in [6.45, 7) is 20.6. The average Bonchev–Trinajstić information content (AvgIpc) is 3.46. The molecule has 263 valence electrons. The first kappa shape index (κ1) is 38.1. The van der Waals surface area contributed by atoms with Crippen molar-refractivity contribution in [2.45, 2.75) is 73.5 Å². The van der Waals surface area contributed by atoms with Crippen molar-refractivity contribution in [3.63, 3.8) is 0 Å². The summed E-state index contributed by atoms with van der Waals surface area (Å²) in [6.07, 6.45) is 5.16. The van der Waals surface area contributed by atoms with Crippen molar-refractivity contribution in [2.75, 3.05) is 0 Å². The van der Waals surface area contributed by atoms with Crippen LogP contribution in [0.1, 0.15) is 57.2 Å². The molecule has 51 heavy (non-hydrogen) atoms. The van der Waals surface area contributed by atoms with Gasteiger partial charge in [0.2, 0.25) is 0 Å².